The molecule has 1 aliphatic heterocycles. The summed E-state index contributed by atoms with van der Waals surface area (Å²) in [5, 5.41) is 43.0. The monoisotopic (exact) mass is 515 g/mol. The van der Waals surface area contributed by atoms with Crippen LogP contribution in [0.2, 0.25) is 0 Å². The maximum Gasteiger partial charge on any atom is 0.351 e. The number of carbonyl (C=O) groups excluding carboxylic acids is 2. The van der Waals surface area contributed by atoms with Crippen molar-refractivity contribution in [2.45, 2.75) is 44.1 Å². The van der Waals surface area contributed by atoms with Gasteiger partial charge in [-0.25, -0.2) is 9.18 Å². The molecule has 1 saturated heterocycles. The average Bonchev–Trinajstić information content (AvgIpc) is 2.98. The summed E-state index contributed by atoms with van der Waals surface area (Å²) in [6.07, 6.45) is -7.36. The first-order chi connectivity index (χ1) is 14.9. The number of ketones is 2. The highest BCUT2D eigenvalue weighted by Crippen LogP contribution is 2.42. The van der Waals surface area contributed by atoms with Crippen LogP contribution in [0, 0.1) is 0 Å². The number of phenolic OH excluding ortho intramolecular Hbond substituents is 2. The highest BCUT2D eigenvalue weighted by Gasteiger charge is 2.63. The number of benzene rings is 1. The number of hydrogen-bond acceptors (Lipinski definition) is 10. The number of Topliss-reactive ketones (excluding diaryl/α,β-unsaturated/α-hetero) is 2. The van der Waals surface area contributed by atoms with Gasteiger partial charge >= 0.3 is 5.69 Å². The predicted octanol–water partition coefficient (Wildman–Crippen LogP) is 0.666. The van der Waals surface area contributed by atoms with E-state index in [1.54, 1.807) is 0 Å². The van der Waals surface area contributed by atoms with Crippen molar-refractivity contribution < 1.29 is 39.1 Å². The first-order valence-corrected chi connectivity index (χ1v) is 9.97. The topological polar surface area (TPSA) is 171 Å². The second-order valence-electron chi connectivity index (χ2n) is 7.21. The fourth-order valence-corrected chi connectivity index (χ4v) is 3.72. The molecule has 1 fully saturated rings. The molecule has 0 aliphatic carbocycles. The summed E-state index contributed by atoms with van der Waals surface area (Å²) >= 11 is 3.12. The minimum Gasteiger partial charge on any atom is -0.506 e. The molecule has 1 aliphatic rings. The van der Waals surface area contributed by atoms with Gasteiger partial charge in [0.1, 0.15) is 29.4 Å². The Morgan fingerprint density at radius 3 is 2.44 bits per heavy atom. The Bertz CT molecular complexity index is 1120. The number of aliphatic hydroxyl groups excluding tert-OH is 1. The largest absolute Gasteiger partial charge is 0.506 e. The van der Waals surface area contributed by atoms with Crippen LogP contribution in [-0.2, 0) is 14.3 Å². The number of halogens is 2. The molecule has 5 N–H and O–H groups in total. The summed E-state index contributed by atoms with van der Waals surface area (Å²) in [4.78, 5) is 39.9. The zero-order valence-corrected chi connectivity index (χ0v) is 18.3. The molecule has 0 amide bonds. The molecule has 2 aromatic rings. The van der Waals surface area contributed by atoms with Crippen molar-refractivity contribution >= 4 is 39.0 Å². The summed E-state index contributed by atoms with van der Waals surface area (Å²) in [7, 11) is 0. The first kappa shape index (κ1) is 23.8. The third-order valence-electron chi connectivity index (χ3n) is 5.10. The van der Waals surface area contributed by atoms with Gasteiger partial charge in [0, 0.05) is 6.20 Å². The standard InChI is InChI=1S/C19H19BrFN3O8/c1-7(25)13(29)15-19(31,8(2)26)14(21)17(32-15)24-6-9(20)16(23-18(24)30)22-12-10(27)4-3-5-11(12)28/h3-6,13-15,17,27-29,31H,1-2H3,(H,22,23,30)/t13?,14-,15+,17+,19-/m0/s1. The molecular formula is C19H19BrFN3O8. The number of nitrogens with one attached hydrogen (secondary N) is 1. The lowest BCUT2D eigenvalue weighted by Crippen LogP contribution is -2.57. The van der Waals surface area contributed by atoms with E-state index in [0.29, 0.717) is 4.57 Å². The lowest BCUT2D eigenvalue weighted by Gasteiger charge is -2.28. The van der Waals surface area contributed by atoms with Crippen LogP contribution >= 0.6 is 15.9 Å². The third kappa shape index (κ3) is 3.88. The van der Waals surface area contributed by atoms with Crippen molar-refractivity contribution in [2.75, 3.05) is 5.32 Å². The van der Waals surface area contributed by atoms with Gasteiger partial charge in [0.25, 0.3) is 0 Å². The molecule has 0 bridgehead atoms. The highest BCUT2D eigenvalue weighted by molar-refractivity contribution is 9.10. The molecule has 3 rings (SSSR count). The van der Waals surface area contributed by atoms with Gasteiger partial charge in [-0.15, -0.1) is 0 Å². The van der Waals surface area contributed by atoms with Crippen molar-refractivity contribution in [2.24, 2.45) is 0 Å². The van der Waals surface area contributed by atoms with E-state index < -0.39 is 47.5 Å². The Balaban J connectivity index is 2.01. The number of anilines is 2. The maximum atomic E-state index is 15.2. The number of rotatable bonds is 6. The fourth-order valence-electron chi connectivity index (χ4n) is 3.32. The zero-order chi connectivity index (χ0) is 24.0. The Morgan fingerprint density at radius 2 is 1.91 bits per heavy atom. The number of para-hydroxylation sites is 1. The van der Waals surface area contributed by atoms with Gasteiger partial charge in [0.15, 0.2) is 35.4 Å². The molecule has 0 radical (unpaired) electrons. The molecule has 172 valence electrons. The van der Waals surface area contributed by atoms with Crippen LogP contribution in [0.15, 0.2) is 33.7 Å². The first-order valence-electron chi connectivity index (χ1n) is 9.17. The van der Waals surface area contributed by atoms with Crippen LogP contribution in [0.4, 0.5) is 15.9 Å². The van der Waals surface area contributed by atoms with Crippen molar-refractivity contribution in [3.8, 4) is 11.5 Å². The van der Waals surface area contributed by atoms with E-state index in [1.165, 1.54) is 18.2 Å². The molecule has 1 aromatic carbocycles. The van der Waals surface area contributed by atoms with E-state index in [0.717, 1.165) is 20.0 Å². The molecular weight excluding hydrogens is 497 g/mol. The second-order valence-corrected chi connectivity index (χ2v) is 8.06. The van der Waals surface area contributed by atoms with Crippen molar-refractivity contribution in [1.82, 2.24) is 9.55 Å². The maximum absolute atomic E-state index is 15.2. The van der Waals surface area contributed by atoms with Crippen LogP contribution in [0.1, 0.15) is 20.1 Å². The molecule has 11 nitrogen and oxygen atoms in total. The van der Waals surface area contributed by atoms with E-state index in [-0.39, 0.29) is 27.5 Å². The van der Waals surface area contributed by atoms with E-state index in [1.807, 2.05) is 0 Å². The van der Waals surface area contributed by atoms with Crippen LogP contribution in [0.5, 0.6) is 11.5 Å². The van der Waals surface area contributed by atoms with E-state index >= 15 is 4.39 Å². The Hall–Kier alpha value is -2.87. The molecule has 5 atom stereocenters. The molecule has 1 aromatic heterocycles. The van der Waals surface area contributed by atoms with Crippen molar-refractivity contribution in [1.29, 1.82) is 0 Å². The number of nitrogens with zero attached hydrogens (tertiary/aromatic N) is 2. The Labute approximate surface area is 188 Å². The van der Waals surface area contributed by atoms with Crippen molar-refractivity contribution in [3.63, 3.8) is 0 Å². The molecule has 1 unspecified atom stereocenters. The minimum absolute atomic E-state index is 0.0532. The van der Waals surface area contributed by atoms with Crippen LogP contribution in [0.25, 0.3) is 0 Å². The number of hydrogen-bond donors (Lipinski definition) is 5. The quantitative estimate of drug-likeness (QED) is 0.344. The fraction of sp³-hybridized carbons (Fsp3) is 0.368. The van der Waals surface area contributed by atoms with Gasteiger partial charge in [0.05, 0.1) is 4.47 Å². The number of aliphatic hydroxyl groups is 2. The van der Waals surface area contributed by atoms with E-state index in [9.17, 15) is 34.8 Å². The normalized spacial score (nSPS) is 26.0. The summed E-state index contributed by atoms with van der Waals surface area (Å²) in [5.74, 6) is -2.81. The Kier molecular flexibility index (Phi) is 6.38. The lowest BCUT2D eigenvalue weighted by atomic mass is 9.85. The number of alkyl halides is 1. The second kappa shape index (κ2) is 8.58. The number of aromatic hydroxyl groups is 2. The average molecular weight is 516 g/mol. The van der Waals surface area contributed by atoms with Crippen LogP contribution in [0.3, 0.4) is 0 Å². The molecule has 2 heterocycles. The smallest absolute Gasteiger partial charge is 0.351 e. The summed E-state index contributed by atoms with van der Waals surface area (Å²) in [5.41, 5.74) is -4.13. The van der Waals surface area contributed by atoms with Crippen LogP contribution < -0.4 is 11.0 Å². The third-order valence-corrected chi connectivity index (χ3v) is 5.68. The van der Waals surface area contributed by atoms with Gasteiger partial charge in [-0.2, -0.15) is 4.98 Å². The molecule has 32 heavy (non-hydrogen) atoms. The van der Waals surface area contributed by atoms with Gasteiger partial charge in [-0.3, -0.25) is 14.2 Å². The zero-order valence-electron chi connectivity index (χ0n) is 16.7. The SMILES string of the molecule is CC(=O)C(O)[C@H]1O[C@@H](n2cc(Br)c(Nc3c(O)cccc3O)nc2=O)[C@H](F)[C@@]1(O)C(C)=O. The summed E-state index contributed by atoms with van der Waals surface area (Å²) < 4.78 is 21.2. The predicted molar refractivity (Wildman–Crippen MR) is 110 cm³/mol. The summed E-state index contributed by atoms with van der Waals surface area (Å²) in [6, 6.07) is 3.94. The van der Waals surface area contributed by atoms with E-state index in [4.69, 9.17) is 4.74 Å². The van der Waals surface area contributed by atoms with Gasteiger partial charge < -0.3 is 30.5 Å². The molecule has 0 saturated carbocycles. The molecule has 0 spiro atoms. The van der Waals surface area contributed by atoms with Gasteiger partial charge in [-0.1, -0.05) is 6.07 Å². The van der Waals surface area contributed by atoms with Gasteiger partial charge in [0.2, 0.25) is 0 Å². The van der Waals surface area contributed by atoms with Gasteiger partial charge in [-0.05, 0) is 41.9 Å². The lowest BCUT2D eigenvalue weighted by molar-refractivity contribution is -0.160. The number of carbonyl (C=O) groups is 2. The van der Waals surface area contributed by atoms with Crippen molar-refractivity contribution in [3.05, 3.63) is 39.4 Å². The number of phenols is 2. The highest BCUT2D eigenvalue weighted by atomic mass is 79.9. The number of aromatic nitrogens is 2. The van der Waals surface area contributed by atoms with E-state index in [2.05, 4.69) is 26.2 Å². The number of ether oxygens (including phenoxy) is 1. The minimum atomic E-state index is -2.89. The Morgan fingerprint density at radius 1 is 1.31 bits per heavy atom. The van der Waals surface area contributed by atoms with Crippen LogP contribution in [-0.4, -0.2) is 65.5 Å². The summed E-state index contributed by atoms with van der Waals surface area (Å²) in [6.45, 7) is 1.83. The molecule has 13 heteroatoms.